The molecule has 0 fully saturated rings. The lowest BCUT2D eigenvalue weighted by Crippen LogP contribution is -2.30. The summed E-state index contributed by atoms with van der Waals surface area (Å²) < 4.78 is 35.9. The Morgan fingerprint density at radius 1 is 1.09 bits per heavy atom. The summed E-state index contributed by atoms with van der Waals surface area (Å²) in [5, 5.41) is 0. The number of amides is 1. The molecule has 0 saturated heterocycles. The van der Waals surface area contributed by atoms with Gasteiger partial charge in [0.1, 0.15) is 5.82 Å². The highest BCUT2D eigenvalue weighted by molar-refractivity contribution is 8.13. The van der Waals surface area contributed by atoms with Crippen molar-refractivity contribution in [1.29, 1.82) is 0 Å². The van der Waals surface area contributed by atoms with Gasteiger partial charge in [0.05, 0.1) is 10.6 Å². The average Bonchev–Trinajstić information content (AvgIpc) is 2.47. The van der Waals surface area contributed by atoms with Crippen LogP contribution in [0.5, 0.6) is 0 Å². The molecule has 0 spiro atoms. The molecule has 2 rings (SSSR count). The van der Waals surface area contributed by atoms with Crippen molar-refractivity contribution in [3.8, 4) is 0 Å². The van der Waals surface area contributed by atoms with Gasteiger partial charge in [-0.05, 0) is 55.3 Å². The number of anilines is 1. The van der Waals surface area contributed by atoms with Crippen molar-refractivity contribution < 1.29 is 17.6 Å². The molecular formula is C15H14ClFN2O3S. The molecule has 0 aliphatic carbocycles. The molecule has 2 aromatic carbocycles. The molecule has 0 radical (unpaired) electrons. The molecule has 122 valence electrons. The van der Waals surface area contributed by atoms with Crippen molar-refractivity contribution in [2.45, 2.75) is 18.7 Å². The first-order valence-electron chi connectivity index (χ1n) is 6.56. The van der Waals surface area contributed by atoms with E-state index in [1.54, 1.807) is 13.8 Å². The molecule has 0 saturated carbocycles. The predicted octanol–water partition coefficient (Wildman–Crippen LogP) is 3.13. The average molecular weight is 357 g/mol. The Morgan fingerprint density at radius 2 is 1.78 bits per heavy atom. The third-order valence-corrected chi connectivity index (χ3v) is 4.57. The van der Waals surface area contributed by atoms with Crippen molar-refractivity contribution in [2.24, 2.45) is 0 Å². The first kappa shape index (κ1) is 17.2. The number of benzene rings is 2. The van der Waals surface area contributed by atoms with Crippen LogP contribution in [0.15, 0.2) is 41.3 Å². The van der Waals surface area contributed by atoms with Crippen LogP contribution in [0.25, 0.3) is 0 Å². The minimum atomic E-state index is -3.92. The van der Waals surface area contributed by atoms with Crippen molar-refractivity contribution in [1.82, 2.24) is 5.43 Å². The first-order valence-corrected chi connectivity index (χ1v) is 8.87. The van der Waals surface area contributed by atoms with E-state index in [2.05, 4.69) is 10.9 Å². The van der Waals surface area contributed by atoms with Crippen molar-refractivity contribution in [2.75, 3.05) is 5.43 Å². The largest absolute Gasteiger partial charge is 0.298 e. The number of hydrogen-bond donors (Lipinski definition) is 2. The van der Waals surface area contributed by atoms with Crippen molar-refractivity contribution >= 4 is 31.3 Å². The zero-order chi connectivity index (χ0) is 17.2. The van der Waals surface area contributed by atoms with Crippen LogP contribution in [0.3, 0.4) is 0 Å². The fourth-order valence-corrected chi connectivity index (χ4v) is 2.69. The predicted molar refractivity (Wildman–Crippen MR) is 86.4 cm³/mol. The molecule has 0 aliphatic rings. The van der Waals surface area contributed by atoms with Gasteiger partial charge in [-0.25, -0.2) is 12.8 Å². The molecular weight excluding hydrogens is 343 g/mol. The standard InChI is InChI=1S/C15H14ClFN2O3S/c1-9-3-5-12(23(16,21)22)8-13(9)15(20)19-18-11-4-6-14(17)10(2)7-11/h3-8,18H,1-2H3,(H,19,20). The molecule has 0 bridgehead atoms. The van der Waals surface area contributed by atoms with Gasteiger partial charge in [0, 0.05) is 16.2 Å². The molecule has 0 aliphatic heterocycles. The summed E-state index contributed by atoms with van der Waals surface area (Å²) in [5.74, 6) is -0.885. The van der Waals surface area contributed by atoms with Crippen LogP contribution in [0.4, 0.5) is 10.1 Å². The molecule has 0 aromatic heterocycles. The minimum absolute atomic E-state index is 0.160. The summed E-state index contributed by atoms with van der Waals surface area (Å²) in [6, 6.07) is 8.29. The number of carbonyl (C=O) groups is 1. The fraction of sp³-hybridized carbons (Fsp3) is 0.133. The summed E-state index contributed by atoms with van der Waals surface area (Å²) in [6.07, 6.45) is 0. The molecule has 0 unspecified atom stereocenters. The van der Waals surface area contributed by atoms with E-state index in [4.69, 9.17) is 10.7 Å². The monoisotopic (exact) mass is 356 g/mol. The summed E-state index contributed by atoms with van der Waals surface area (Å²) >= 11 is 0. The number of carbonyl (C=O) groups excluding carboxylic acids is 1. The van der Waals surface area contributed by atoms with Gasteiger partial charge in [0.2, 0.25) is 0 Å². The van der Waals surface area contributed by atoms with E-state index >= 15 is 0 Å². The Labute approximate surface area is 137 Å². The van der Waals surface area contributed by atoms with Crippen molar-refractivity contribution in [3.05, 3.63) is 58.9 Å². The van der Waals surface area contributed by atoms with Gasteiger partial charge < -0.3 is 0 Å². The van der Waals surface area contributed by atoms with E-state index in [1.807, 2.05) is 0 Å². The van der Waals surface area contributed by atoms with Gasteiger partial charge in [-0.1, -0.05) is 6.07 Å². The first-order chi connectivity index (χ1) is 10.7. The number of hydrogen-bond acceptors (Lipinski definition) is 4. The SMILES string of the molecule is Cc1cc(NNC(=O)c2cc(S(=O)(=O)Cl)ccc2C)ccc1F. The minimum Gasteiger partial charge on any atom is -0.298 e. The highest BCUT2D eigenvalue weighted by atomic mass is 35.7. The third-order valence-electron chi connectivity index (χ3n) is 3.21. The summed E-state index contributed by atoms with van der Waals surface area (Å²) in [7, 11) is 1.36. The molecule has 0 atom stereocenters. The lowest BCUT2D eigenvalue weighted by molar-refractivity contribution is 0.0962. The lowest BCUT2D eigenvalue weighted by atomic mass is 10.1. The second-order valence-electron chi connectivity index (χ2n) is 4.96. The number of aryl methyl sites for hydroxylation is 2. The summed E-state index contributed by atoms with van der Waals surface area (Å²) in [5.41, 5.74) is 6.75. The van der Waals surface area contributed by atoms with Crippen LogP contribution < -0.4 is 10.9 Å². The maximum Gasteiger partial charge on any atom is 0.269 e. The second kappa shape index (κ2) is 6.55. The second-order valence-corrected chi connectivity index (χ2v) is 7.52. The zero-order valence-electron chi connectivity index (χ0n) is 12.4. The van der Waals surface area contributed by atoms with Gasteiger partial charge in [-0.3, -0.25) is 15.6 Å². The van der Waals surface area contributed by atoms with Crippen LogP contribution in [0.1, 0.15) is 21.5 Å². The molecule has 23 heavy (non-hydrogen) atoms. The van der Waals surface area contributed by atoms with Crippen LogP contribution in [0.2, 0.25) is 0 Å². The highest BCUT2D eigenvalue weighted by Gasteiger charge is 2.15. The Bertz CT molecular complexity index is 869. The van der Waals surface area contributed by atoms with Crippen molar-refractivity contribution in [3.63, 3.8) is 0 Å². The van der Waals surface area contributed by atoms with Gasteiger partial charge in [0.25, 0.3) is 15.0 Å². The number of halogens is 2. The van der Waals surface area contributed by atoms with Crippen LogP contribution in [-0.2, 0) is 9.05 Å². The maximum atomic E-state index is 13.2. The van der Waals surface area contributed by atoms with E-state index in [0.717, 1.165) is 0 Å². The normalized spacial score (nSPS) is 11.1. The number of nitrogens with one attached hydrogen (secondary N) is 2. The third kappa shape index (κ3) is 4.20. The molecule has 1 amide bonds. The smallest absolute Gasteiger partial charge is 0.269 e. The Morgan fingerprint density at radius 3 is 2.39 bits per heavy atom. The van der Waals surface area contributed by atoms with E-state index in [0.29, 0.717) is 16.8 Å². The van der Waals surface area contributed by atoms with E-state index in [9.17, 15) is 17.6 Å². The van der Waals surface area contributed by atoms with E-state index < -0.39 is 15.0 Å². The fourth-order valence-electron chi connectivity index (χ4n) is 1.92. The molecule has 8 heteroatoms. The zero-order valence-corrected chi connectivity index (χ0v) is 13.9. The van der Waals surface area contributed by atoms with Crippen LogP contribution in [0, 0.1) is 19.7 Å². The highest BCUT2D eigenvalue weighted by Crippen LogP contribution is 2.19. The molecule has 0 heterocycles. The van der Waals surface area contributed by atoms with Crippen LogP contribution >= 0.6 is 10.7 Å². The molecule has 5 nitrogen and oxygen atoms in total. The lowest BCUT2D eigenvalue weighted by Gasteiger charge is -2.11. The van der Waals surface area contributed by atoms with Gasteiger partial charge in [0.15, 0.2) is 0 Å². The molecule has 2 N–H and O–H groups in total. The van der Waals surface area contributed by atoms with Gasteiger partial charge >= 0.3 is 0 Å². The van der Waals surface area contributed by atoms with E-state index in [1.165, 1.54) is 36.4 Å². The van der Waals surface area contributed by atoms with Gasteiger partial charge in [-0.2, -0.15) is 0 Å². The quantitative estimate of drug-likeness (QED) is 0.652. The maximum absolute atomic E-state index is 13.2. The topological polar surface area (TPSA) is 75.3 Å². The Hall–Kier alpha value is -2.12. The van der Waals surface area contributed by atoms with E-state index in [-0.39, 0.29) is 16.3 Å². The Balaban J connectivity index is 2.19. The molecule has 2 aromatic rings. The summed E-state index contributed by atoms with van der Waals surface area (Å²) in [6.45, 7) is 3.27. The number of rotatable bonds is 4. The Kier molecular flexibility index (Phi) is 4.91. The van der Waals surface area contributed by atoms with Gasteiger partial charge in [-0.15, -0.1) is 0 Å². The number of hydrazine groups is 1. The van der Waals surface area contributed by atoms with Crippen LogP contribution in [-0.4, -0.2) is 14.3 Å². The summed E-state index contributed by atoms with van der Waals surface area (Å²) in [4.78, 5) is 12.0.